The third-order valence-corrected chi connectivity index (χ3v) is 4.52. The van der Waals surface area contributed by atoms with Gasteiger partial charge >= 0.3 is 0 Å². The summed E-state index contributed by atoms with van der Waals surface area (Å²) in [5.41, 5.74) is 0. The van der Waals surface area contributed by atoms with Crippen molar-refractivity contribution in [2.45, 2.75) is 13.8 Å². The topological polar surface area (TPSA) is 68.3 Å². The van der Waals surface area contributed by atoms with Crippen LogP contribution in [0.4, 0.5) is 0 Å². The molecule has 4 nitrogen and oxygen atoms in total. The lowest BCUT2D eigenvalue weighted by molar-refractivity contribution is 0.596. The third kappa shape index (κ3) is 5.93. The van der Waals surface area contributed by atoms with Gasteiger partial charge in [-0.2, -0.15) is 0 Å². The van der Waals surface area contributed by atoms with Crippen LogP contribution in [-0.4, -0.2) is 28.3 Å². The SMILES string of the molecule is CC=CS(=O)(=O)CCS(=O)(=O)C=CC. The van der Waals surface area contributed by atoms with Crippen molar-refractivity contribution in [1.29, 1.82) is 0 Å². The second-order valence-corrected chi connectivity index (χ2v) is 6.69. The van der Waals surface area contributed by atoms with E-state index in [4.69, 9.17) is 0 Å². The molecule has 82 valence electrons. The van der Waals surface area contributed by atoms with Gasteiger partial charge in [-0.25, -0.2) is 16.8 Å². The molecule has 0 fully saturated rings. The Hall–Kier alpha value is -0.620. The lowest BCUT2D eigenvalue weighted by atomic mass is 10.8. The lowest BCUT2D eigenvalue weighted by Gasteiger charge is -1.97. The van der Waals surface area contributed by atoms with Crippen LogP contribution in [0.1, 0.15) is 13.8 Å². The summed E-state index contributed by atoms with van der Waals surface area (Å²) in [5, 5.41) is 2.02. The van der Waals surface area contributed by atoms with E-state index in [9.17, 15) is 16.8 Å². The second kappa shape index (κ2) is 5.31. The van der Waals surface area contributed by atoms with E-state index in [1.165, 1.54) is 12.2 Å². The van der Waals surface area contributed by atoms with Gasteiger partial charge in [-0.3, -0.25) is 0 Å². The zero-order chi connectivity index (χ0) is 11.2. The van der Waals surface area contributed by atoms with Gasteiger partial charge in [0.25, 0.3) is 0 Å². The Labute approximate surface area is 85.2 Å². The van der Waals surface area contributed by atoms with Crippen LogP contribution < -0.4 is 0 Å². The summed E-state index contributed by atoms with van der Waals surface area (Å²) < 4.78 is 44.4. The molecule has 0 aromatic heterocycles. The van der Waals surface area contributed by atoms with Gasteiger partial charge in [-0.1, -0.05) is 12.2 Å². The Morgan fingerprint density at radius 3 is 1.29 bits per heavy atom. The molecule has 0 radical (unpaired) electrons. The zero-order valence-corrected chi connectivity index (χ0v) is 9.81. The highest BCUT2D eigenvalue weighted by Crippen LogP contribution is 1.98. The fourth-order valence-corrected chi connectivity index (χ4v) is 3.74. The van der Waals surface area contributed by atoms with E-state index in [1.54, 1.807) is 13.8 Å². The average Bonchev–Trinajstić information content (AvgIpc) is 2.01. The normalized spacial score (nSPS) is 14.1. The van der Waals surface area contributed by atoms with Crippen LogP contribution in [0.2, 0.25) is 0 Å². The summed E-state index contributed by atoms with van der Waals surface area (Å²) in [6.45, 7) is 3.13. The minimum atomic E-state index is -3.38. The van der Waals surface area contributed by atoms with E-state index in [2.05, 4.69) is 0 Å². The molecule has 0 aliphatic heterocycles. The van der Waals surface area contributed by atoms with Crippen molar-refractivity contribution >= 4 is 19.7 Å². The summed E-state index contributed by atoms with van der Waals surface area (Å²) in [7, 11) is -6.75. The standard InChI is InChI=1S/C8H14O4S2/c1-3-5-13(9,10)7-8-14(11,12)6-4-2/h3-6H,7-8H2,1-2H3. The number of rotatable bonds is 5. The monoisotopic (exact) mass is 238 g/mol. The molecular weight excluding hydrogens is 224 g/mol. The molecule has 0 aliphatic carbocycles. The molecule has 0 amide bonds. The quantitative estimate of drug-likeness (QED) is 0.713. The summed E-state index contributed by atoms with van der Waals surface area (Å²) in [5.74, 6) is -0.742. The number of hydrogen-bond donors (Lipinski definition) is 0. The molecule has 0 aliphatic rings. The molecule has 0 bridgehead atoms. The van der Waals surface area contributed by atoms with E-state index in [0.717, 1.165) is 10.8 Å². The molecule has 0 atom stereocenters. The molecule has 0 saturated heterocycles. The lowest BCUT2D eigenvalue weighted by Crippen LogP contribution is -2.13. The first-order valence-electron chi connectivity index (χ1n) is 4.04. The molecule has 0 unspecified atom stereocenters. The highest BCUT2D eigenvalue weighted by Gasteiger charge is 2.12. The van der Waals surface area contributed by atoms with Crippen LogP contribution in [0.5, 0.6) is 0 Å². The first-order valence-corrected chi connectivity index (χ1v) is 7.47. The minimum absolute atomic E-state index is 0.371. The first kappa shape index (κ1) is 13.4. The Bertz CT molecular complexity index is 370. The molecule has 0 N–H and O–H groups in total. The van der Waals surface area contributed by atoms with Crippen LogP contribution in [0.25, 0.3) is 0 Å². The van der Waals surface area contributed by atoms with Gasteiger partial charge in [-0.05, 0) is 13.8 Å². The Balaban J connectivity index is 4.49. The van der Waals surface area contributed by atoms with E-state index in [1.807, 2.05) is 0 Å². The van der Waals surface area contributed by atoms with Crippen LogP contribution in [0.15, 0.2) is 23.0 Å². The molecule has 0 rings (SSSR count). The predicted molar refractivity (Wildman–Crippen MR) is 57.2 cm³/mol. The molecular formula is C8H14O4S2. The largest absolute Gasteiger partial charge is 0.224 e. The summed E-state index contributed by atoms with van der Waals surface area (Å²) in [6, 6.07) is 0. The number of sulfone groups is 2. The van der Waals surface area contributed by atoms with Gasteiger partial charge in [0.05, 0.1) is 11.5 Å². The number of hydrogen-bond acceptors (Lipinski definition) is 4. The van der Waals surface area contributed by atoms with E-state index >= 15 is 0 Å². The van der Waals surface area contributed by atoms with Gasteiger partial charge in [0.1, 0.15) is 0 Å². The van der Waals surface area contributed by atoms with Crippen molar-refractivity contribution in [2.24, 2.45) is 0 Å². The van der Waals surface area contributed by atoms with E-state index in [-0.39, 0.29) is 11.5 Å². The van der Waals surface area contributed by atoms with Crippen molar-refractivity contribution < 1.29 is 16.8 Å². The van der Waals surface area contributed by atoms with Crippen molar-refractivity contribution in [3.05, 3.63) is 23.0 Å². The van der Waals surface area contributed by atoms with Crippen LogP contribution >= 0.6 is 0 Å². The number of allylic oxidation sites excluding steroid dienone is 2. The summed E-state index contributed by atoms with van der Waals surface area (Å²) in [6.07, 6.45) is 2.75. The Morgan fingerprint density at radius 2 is 1.07 bits per heavy atom. The second-order valence-electron chi connectivity index (χ2n) is 2.67. The van der Waals surface area contributed by atoms with E-state index in [0.29, 0.717) is 0 Å². The van der Waals surface area contributed by atoms with Crippen molar-refractivity contribution in [1.82, 2.24) is 0 Å². The maximum Gasteiger partial charge on any atom is 0.172 e. The molecule has 6 heteroatoms. The average molecular weight is 238 g/mol. The van der Waals surface area contributed by atoms with Crippen LogP contribution in [-0.2, 0) is 19.7 Å². The molecule has 0 aromatic rings. The van der Waals surface area contributed by atoms with Crippen molar-refractivity contribution in [2.75, 3.05) is 11.5 Å². The fourth-order valence-electron chi connectivity index (χ4n) is 0.783. The fraction of sp³-hybridized carbons (Fsp3) is 0.500. The predicted octanol–water partition coefficient (Wildman–Crippen LogP) is 0.883. The first-order chi connectivity index (χ1) is 6.33. The minimum Gasteiger partial charge on any atom is -0.224 e. The Kier molecular flexibility index (Phi) is 5.07. The molecule has 0 spiro atoms. The smallest absolute Gasteiger partial charge is 0.172 e. The molecule has 14 heavy (non-hydrogen) atoms. The van der Waals surface area contributed by atoms with Crippen LogP contribution in [0, 0.1) is 0 Å². The molecule has 0 saturated carbocycles. The third-order valence-electron chi connectivity index (χ3n) is 1.34. The Morgan fingerprint density at radius 1 is 0.786 bits per heavy atom. The summed E-state index contributed by atoms with van der Waals surface area (Å²) in [4.78, 5) is 0. The maximum atomic E-state index is 11.1. The van der Waals surface area contributed by atoms with Crippen molar-refractivity contribution in [3.8, 4) is 0 Å². The van der Waals surface area contributed by atoms with Gasteiger partial charge in [0, 0.05) is 10.8 Å². The summed E-state index contributed by atoms with van der Waals surface area (Å²) >= 11 is 0. The van der Waals surface area contributed by atoms with Gasteiger partial charge in [0.2, 0.25) is 0 Å². The van der Waals surface area contributed by atoms with Gasteiger partial charge in [-0.15, -0.1) is 0 Å². The maximum absolute atomic E-state index is 11.1. The highest BCUT2D eigenvalue weighted by atomic mass is 32.2. The highest BCUT2D eigenvalue weighted by molar-refractivity contribution is 7.97. The van der Waals surface area contributed by atoms with E-state index < -0.39 is 19.7 Å². The van der Waals surface area contributed by atoms with Gasteiger partial charge < -0.3 is 0 Å². The van der Waals surface area contributed by atoms with Crippen molar-refractivity contribution in [3.63, 3.8) is 0 Å². The molecule has 0 aromatic carbocycles. The molecule has 0 heterocycles. The van der Waals surface area contributed by atoms with Gasteiger partial charge in [0.15, 0.2) is 19.7 Å². The zero-order valence-electron chi connectivity index (χ0n) is 8.17. The van der Waals surface area contributed by atoms with Crippen LogP contribution in [0.3, 0.4) is 0 Å².